The molecule has 0 aliphatic heterocycles. The van der Waals surface area contributed by atoms with Crippen molar-refractivity contribution >= 4 is 10.9 Å². The molecule has 2 heterocycles. The fourth-order valence-corrected chi connectivity index (χ4v) is 2.50. The molecule has 0 spiro atoms. The van der Waals surface area contributed by atoms with E-state index in [0.717, 1.165) is 37.0 Å². The van der Waals surface area contributed by atoms with Crippen LogP contribution in [0.2, 0.25) is 0 Å². The molecule has 0 saturated heterocycles. The van der Waals surface area contributed by atoms with Gasteiger partial charge in [-0.15, -0.1) is 16.8 Å². The average molecular weight is 281 g/mol. The Kier molecular flexibility index (Phi) is 3.86. The number of fused-ring (bicyclic) bond motifs is 1. The Hall–Kier alpha value is -2.36. The molecule has 2 aromatic heterocycles. The zero-order chi connectivity index (χ0) is 14.7. The van der Waals surface area contributed by atoms with E-state index < -0.39 is 0 Å². The molecule has 0 aliphatic carbocycles. The van der Waals surface area contributed by atoms with Gasteiger partial charge < -0.3 is 8.98 Å². The molecule has 0 saturated carbocycles. The molecule has 108 valence electrons. The summed E-state index contributed by atoms with van der Waals surface area (Å²) in [6.07, 6.45) is 4.90. The number of para-hydroxylation sites is 1. The molecule has 0 bridgehead atoms. The minimum absolute atomic E-state index is 0.583. The van der Waals surface area contributed by atoms with E-state index in [1.54, 1.807) is 0 Å². The van der Waals surface area contributed by atoms with Crippen molar-refractivity contribution in [2.45, 2.75) is 32.7 Å². The van der Waals surface area contributed by atoms with Crippen LogP contribution in [-0.4, -0.2) is 14.8 Å². The van der Waals surface area contributed by atoms with Crippen molar-refractivity contribution in [3.8, 4) is 11.6 Å². The zero-order valence-corrected chi connectivity index (χ0v) is 12.2. The molecule has 0 radical (unpaired) electrons. The minimum Gasteiger partial charge on any atom is -0.419 e. The standard InChI is InChI=1S/C17H19N3O/c1-3-5-10-16-18-19-17(21-16)15-12-13-8-6-7-9-14(13)20(15)11-4-2/h4,6-9,12H,2-3,5,10-11H2,1H3. The van der Waals surface area contributed by atoms with Gasteiger partial charge in [0.1, 0.15) is 5.69 Å². The van der Waals surface area contributed by atoms with Crippen molar-refractivity contribution in [3.63, 3.8) is 0 Å². The van der Waals surface area contributed by atoms with Gasteiger partial charge in [0.05, 0.1) is 0 Å². The van der Waals surface area contributed by atoms with Crippen molar-refractivity contribution in [1.29, 1.82) is 0 Å². The van der Waals surface area contributed by atoms with E-state index in [2.05, 4.69) is 46.5 Å². The first-order chi connectivity index (χ1) is 10.3. The lowest BCUT2D eigenvalue weighted by Crippen LogP contribution is -1.97. The van der Waals surface area contributed by atoms with Crippen LogP contribution < -0.4 is 0 Å². The van der Waals surface area contributed by atoms with Crippen LogP contribution in [0.25, 0.3) is 22.5 Å². The van der Waals surface area contributed by atoms with E-state index in [0.29, 0.717) is 11.8 Å². The Balaban J connectivity index is 2.04. The summed E-state index contributed by atoms with van der Waals surface area (Å²) in [7, 11) is 0. The van der Waals surface area contributed by atoms with Gasteiger partial charge in [-0.1, -0.05) is 37.6 Å². The third kappa shape index (κ3) is 2.61. The summed E-state index contributed by atoms with van der Waals surface area (Å²) < 4.78 is 7.96. The second-order valence-electron chi connectivity index (χ2n) is 5.09. The number of unbranched alkanes of at least 4 members (excludes halogenated alkanes) is 1. The predicted octanol–water partition coefficient (Wildman–Crippen LogP) is 4.22. The minimum atomic E-state index is 0.583. The van der Waals surface area contributed by atoms with Crippen LogP contribution in [0.5, 0.6) is 0 Å². The smallest absolute Gasteiger partial charge is 0.264 e. The summed E-state index contributed by atoms with van der Waals surface area (Å²) in [4.78, 5) is 0. The SMILES string of the molecule is C=CCn1c(-c2nnc(CCCC)o2)cc2ccccc21. The molecule has 0 atom stereocenters. The summed E-state index contributed by atoms with van der Waals surface area (Å²) >= 11 is 0. The molecule has 3 aromatic rings. The highest BCUT2D eigenvalue weighted by Crippen LogP contribution is 2.27. The van der Waals surface area contributed by atoms with Gasteiger partial charge in [0.2, 0.25) is 5.89 Å². The Morgan fingerprint density at radius 1 is 1.29 bits per heavy atom. The van der Waals surface area contributed by atoms with Gasteiger partial charge in [0, 0.05) is 23.9 Å². The molecule has 0 aliphatic rings. The lowest BCUT2D eigenvalue weighted by molar-refractivity contribution is 0.493. The maximum atomic E-state index is 5.81. The van der Waals surface area contributed by atoms with Crippen molar-refractivity contribution in [3.05, 3.63) is 48.9 Å². The lowest BCUT2D eigenvalue weighted by atomic mass is 10.2. The van der Waals surface area contributed by atoms with Crippen molar-refractivity contribution in [2.24, 2.45) is 0 Å². The molecule has 0 N–H and O–H groups in total. The van der Waals surface area contributed by atoms with Crippen LogP contribution >= 0.6 is 0 Å². The second kappa shape index (κ2) is 5.95. The zero-order valence-electron chi connectivity index (χ0n) is 12.2. The van der Waals surface area contributed by atoms with Crippen LogP contribution in [0, 0.1) is 0 Å². The number of rotatable bonds is 6. The average Bonchev–Trinajstić information content (AvgIpc) is 3.10. The summed E-state index contributed by atoms with van der Waals surface area (Å²) in [5.41, 5.74) is 2.10. The number of hydrogen-bond donors (Lipinski definition) is 0. The Labute approximate surface area is 124 Å². The number of benzene rings is 1. The van der Waals surface area contributed by atoms with Crippen LogP contribution in [0.15, 0.2) is 47.4 Å². The van der Waals surface area contributed by atoms with Crippen molar-refractivity contribution < 1.29 is 4.42 Å². The number of nitrogens with zero attached hydrogens (tertiary/aromatic N) is 3. The molecule has 1 aromatic carbocycles. The molecule has 0 amide bonds. The number of allylic oxidation sites excluding steroid dienone is 1. The highest BCUT2D eigenvalue weighted by Gasteiger charge is 2.15. The van der Waals surface area contributed by atoms with Gasteiger partial charge in [-0.2, -0.15) is 0 Å². The fraction of sp³-hybridized carbons (Fsp3) is 0.294. The van der Waals surface area contributed by atoms with E-state index in [1.807, 2.05) is 18.2 Å². The molecular formula is C17H19N3O. The first-order valence-corrected chi connectivity index (χ1v) is 7.35. The quantitative estimate of drug-likeness (QED) is 0.635. The Bertz CT molecular complexity index is 754. The topological polar surface area (TPSA) is 43.9 Å². The molecule has 4 nitrogen and oxygen atoms in total. The normalized spacial score (nSPS) is 11.1. The first kappa shape index (κ1) is 13.6. The first-order valence-electron chi connectivity index (χ1n) is 7.35. The molecule has 4 heteroatoms. The van der Waals surface area contributed by atoms with Gasteiger partial charge >= 0.3 is 0 Å². The summed E-state index contributed by atoms with van der Waals surface area (Å²) in [6, 6.07) is 10.3. The third-order valence-corrected chi connectivity index (χ3v) is 3.55. The maximum Gasteiger partial charge on any atom is 0.264 e. The van der Waals surface area contributed by atoms with Gasteiger partial charge in [0.25, 0.3) is 5.89 Å². The van der Waals surface area contributed by atoms with Crippen molar-refractivity contribution in [1.82, 2.24) is 14.8 Å². The number of aryl methyl sites for hydroxylation is 1. The monoisotopic (exact) mass is 281 g/mol. The molecule has 0 unspecified atom stereocenters. The van der Waals surface area contributed by atoms with E-state index in [-0.39, 0.29) is 0 Å². The van der Waals surface area contributed by atoms with E-state index >= 15 is 0 Å². The van der Waals surface area contributed by atoms with Crippen LogP contribution in [0.1, 0.15) is 25.7 Å². The Morgan fingerprint density at radius 2 is 2.14 bits per heavy atom. The highest BCUT2D eigenvalue weighted by molar-refractivity contribution is 5.85. The second-order valence-corrected chi connectivity index (χ2v) is 5.09. The van der Waals surface area contributed by atoms with Gasteiger partial charge in [-0.05, 0) is 18.6 Å². The molecular weight excluding hydrogens is 262 g/mol. The van der Waals surface area contributed by atoms with Crippen molar-refractivity contribution in [2.75, 3.05) is 0 Å². The Morgan fingerprint density at radius 3 is 2.95 bits per heavy atom. The largest absolute Gasteiger partial charge is 0.419 e. The van der Waals surface area contributed by atoms with E-state index in [4.69, 9.17) is 4.42 Å². The van der Waals surface area contributed by atoms with Gasteiger partial charge in [-0.3, -0.25) is 0 Å². The third-order valence-electron chi connectivity index (χ3n) is 3.55. The summed E-state index contributed by atoms with van der Waals surface area (Å²) in [6.45, 7) is 6.71. The highest BCUT2D eigenvalue weighted by atomic mass is 16.4. The molecule has 3 rings (SSSR count). The maximum absolute atomic E-state index is 5.81. The van der Waals surface area contributed by atoms with Gasteiger partial charge in [-0.25, -0.2) is 0 Å². The van der Waals surface area contributed by atoms with E-state index in [9.17, 15) is 0 Å². The predicted molar refractivity (Wildman–Crippen MR) is 84.0 cm³/mol. The molecule has 21 heavy (non-hydrogen) atoms. The van der Waals surface area contributed by atoms with Gasteiger partial charge in [0.15, 0.2) is 0 Å². The number of hydrogen-bond acceptors (Lipinski definition) is 3. The molecule has 0 fully saturated rings. The summed E-state index contributed by atoms with van der Waals surface area (Å²) in [5.74, 6) is 1.29. The lowest BCUT2D eigenvalue weighted by Gasteiger charge is -2.04. The van der Waals surface area contributed by atoms with Crippen LogP contribution in [0.4, 0.5) is 0 Å². The summed E-state index contributed by atoms with van der Waals surface area (Å²) in [5, 5.41) is 9.52. The number of aromatic nitrogens is 3. The van der Waals surface area contributed by atoms with Crippen LogP contribution in [0.3, 0.4) is 0 Å². The fourth-order valence-electron chi connectivity index (χ4n) is 2.50. The van der Waals surface area contributed by atoms with E-state index in [1.165, 1.54) is 5.39 Å². The van der Waals surface area contributed by atoms with Crippen LogP contribution in [-0.2, 0) is 13.0 Å².